The highest BCUT2D eigenvalue weighted by molar-refractivity contribution is 5.67. The molecule has 17 heteroatoms. The molecule has 0 amide bonds. The lowest BCUT2D eigenvalue weighted by Crippen LogP contribution is -2.04. The molecule has 0 atom stereocenters. The van der Waals surface area contributed by atoms with Gasteiger partial charge >= 0.3 is 11.4 Å². The lowest BCUT2D eigenvalue weighted by Gasteiger charge is -2.05. The lowest BCUT2D eigenvalue weighted by atomic mass is 10.1. The lowest BCUT2D eigenvalue weighted by molar-refractivity contribution is -0.387. The van der Waals surface area contributed by atoms with Crippen LogP contribution in [0.2, 0.25) is 0 Å². The molecule has 6 rings (SSSR count). The average molecular weight is 725 g/mol. The summed E-state index contributed by atoms with van der Waals surface area (Å²) in [4.78, 5) is 37.4. The van der Waals surface area contributed by atoms with E-state index >= 15 is 0 Å². The first kappa shape index (κ1) is 38.3. The Morgan fingerprint density at radius 2 is 1.32 bits per heavy atom. The van der Waals surface area contributed by atoms with E-state index in [1.165, 1.54) is 6.07 Å². The van der Waals surface area contributed by atoms with Gasteiger partial charge in [-0.25, -0.2) is 18.5 Å². The van der Waals surface area contributed by atoms with E-state index in [4.69, 9.17) is 17.9 Å². The third-order valence-corrected chi connectivity index (χ3v) is 7.16. The molecule has 0 fully saturated rings. The molecule has 0 bridgehead atoms. The van der Waals surface area contributed by atoms with Crippen molar-refractivity contribution in [2.24, 2.45) is 0 Å². The molecule has 0 radical (unpaired) electrons. The number of aromatic amines is 1. The van der Waals surface area contributed by atoms with E-state index in [1.54, 1.807) is 51.8 Å². The Bertz CT molecular complexity index is 2430. The maximum Gasteiger partial charge on any atom is 0.314 e. The fraction of sp³-hybridized carbons (Fsp3) is 0.111. The quantitative estimate of drug-likeness (QED) is 0.0930. The Hall–Kier alpha value is -7.53. The molecule has 268 valence electrons. The van der Waals surface area contributed by atoms with E-state index in [-0.39, 0.29) is 17.2 Å². The predicted octanol–water partition coefficient (Wildman–Crippen LogP) is 9.25. The molecular weight excluding hydrogens is 697 g/mol. The molecule has 0 saturated carbocycles. The number of nitro benzene ring substituents is 2. The second-order valence-corrected chi connectivity index (χ2v) is 10.6. The molecule has 53 heavy (non-hydrogen) atoms. The number of halogens is 3. The number of nitrogens with zero attached hydrogens (tertiary/aromatic N) is 7. The number of H-pyrrole nitrogens is 1. The largest absolute Gasteiger partial charge is 0.430 e. The van der Waals surface area contributed by atoms with Crippen molar-refractivity contribution in [1.29, 1.82) is 0 Å². The second-order valence-electron chi connectivity index (χ2n) is 10.6. The zero-order valence-electron chi connectivity index (χ0n) is 27.9. The van der Waals surface area contributed by atoms with E-state index < -0.39 is 38.7 Å². The minimum Gasteiger partial charge on any atom is -0.430 e. The van der Waals surface area contributed by atoms with Crippen LogP contribution in [0.25, 0.3) is 32.2 Å². The Morgan fingerprint density at radius 1 is 0.755 bits per heavy atom. The van der Waals surface area contributed by atoms with Crippen molar-refractivity contribution in [2.75, 3.05) is 0 Å². The Labute approximate surface area is 298 Å². The number of aromatic nitrogens is 4. The predicted molar refractivity (Wildman–Crippen MR) is 188 cm³/mol. The summed E-state index contributed by atoms with van der Waals surface area (Å²) in [5.41, 5.74) is 2.81. The van der Waals surface area contributed by atoms with Gasteiger partial charge in [0.05, 0.1) is 46.5 Å². The van der Waals surface area contributed by atoms with Gasteiger partial charge in [0.2, 0.25) is 17.4 Å². The highest BCUT2D eigenvalue weighted by Gasteiger charge is 2.19. The van der Waals surface area contributed by atoms with Gasteiger partial charge in [0.1, 0.15) is 11.6 Å². The molecule has 2 aromatic heterocycles. The van der Waals surface area contributed by atoms with Crippen LogP contribution >= 0.6 is 0 Å². The summed E-state index contributed by atoms with van der Waals surface area (Å²) in [7, 11) is 0. The maximum absolute atomic E-state index is 13.3. The van der Waals surface area contributed by atoms with Gasteiger partial charge in [0.25, 0.3) is 5.56 Å². The van der Waals surface area contributed by atoms with E-state index in [9.17, 15) is 38.2 Å². The normalized spacial score (nSPS) is 10.1. The fourth-order valence-electron chi connectivity index (χ4n) is 4.76. The second kappa shape index (κ2) is 17.4. The summed E-state index contributed by atoms with van der Waals surface area (Å²) < 4.78 is 46.9. The van der Waals surface area contributed by atoms with Crippen LogP contribution in [-0.4, -0.2) is 29.4 Å². The molecule has 0 aliphatic carbocycles. The third kappa shape index (κ3) is 9.80. The van der Waals surface area contributed by atoms with Gasteiger partial charge in [-0.05, 0) is 61.4 Å². The van der Waals surface area contributed by atoms with Crippen LogP contribution in [0.1, 0.15) is 13.8 Å². The molecule has 0 aliphatic heterocycles. The van der Waals surface area contributed by atoms with Crippen LogP contribution in [0.4, 0.5) is 35.9 Å². The van der Waals surface area contributed by atoms with Crippen molar-refractivity contribution in [3.63, 3.8) is 0 Å². The van der Waals surface area contributed by atoms with Gasteiger partial charge in [-0.3, -0.25) is 39.5 Å². The Balaban J connectivity index is 0.000000197. The van der Waals surface area contributed by atoms with Crippen LogP contribution in [0.3, 0.4) is 0 Å². The zero-order valence-corrected chi connectivity index (χ0v) is 27.9. The number of nitrogens with one attached hydrogen (secondary N) is 1. The Morgan fingerprint density at radius 3 is 1.85 bits per heavy atom. The fourth-order valence-corrected chi connectivity index (χ4v) is 4.76. The molecule has 4 aromatic carbocycles. The van der Waals surface area contributed by atoms with Crippen molar-refractivity contribution in [1.82, 2.24) is 19.6 Å². The van der Waals surface area contributed by atoms with Crippen LogP contribution in [-0.2, 0) is 13.1 Å². The van der Waals surface area contributed by atoms with E-state index in [2.05, 4.69) is 19.9 Å². The standard InChI is InChI=1S/C18H13FN4O3.C12H11N3O.C6H3F2NO2/c1-3-22-15(12-5-4-6-14(9-12)20-2)11-18(21-22)26-17-8-7-13(19)10-16(17)23(24)25;1-3-15-11(8-12(16)14-15)9-5-4-6-10(7-9)13-2;7-4-1-2-5(8)6(3-4)9(10)11/h4-11H,3H2,1H3;4-8H,3H2,1H3,(H,14,16);1-3H. The van der Waals surface area contributed by atoms with Gasteiger partial charge in [-0.1, -0.05) is 36.4 Å². The van der Waals surface area contributed by atoms with Crippen molar-refractivity contribution in [3.05, 3.63) is 168 Å². The number of hydrogen-bond acceptors (Lipinski definition) is 7. The van der Waals surface area contributed by atoms with Crippen molar-refractivity contribution >= 4 is 22.7 Å². The zero-order chi connectivity index (χ0) is 38.7. The van der Waals surface area contributed by atoms with Crippen molar-refractivity contribution < 1.29 is 27.8 Å². The summed E-state index contributed by atoms with van der Waals surface area (Å²) in [5.74, 6) is -2.53. The highest BCUT2D eigenvalue weighted by atomic mass is 19.1. The van der Waals surface area contributed by atoms with Crippen LogP contribution < -0.4 is 10.3 Å². The summed E-state index contributed by atoms with van der Waals surface area (Å²) in [6, 6.07) is 22.6. The molecule has 6 aromatic rings. The summed E-state index contributed by atoms with van der Waals surface area (Å²) in [6.45, 7) is 19.1. The number of benzene rings is 4. The number of aryl methyl sites for hydroxylation is 2. The molecule has 0 unspecified atom stereocenters. The van der Waals surface area contributed by atoms with Gasteiger partial charge in [-0.2, -0.15) is 4.39 Å². The molecule has 0 saturated heterocycles. The third-order valence-electron chi connectivity index (χ3n) is 7.16. The molecular formula is C36H27F3N8O6. The summed E-state index contributed by atoms with van der Waals surface area (Å²) in [6.07, 6.45) is 0. The topological polar surface area (TPSA) is 160 Å². The monoisotopic (exact) mass is 724 g/mol. The van der Waals surface area contributed by atoms with Crippen molar-refractivity contribution in [3.8, 4) is 34.1 Å². The first-order chi connectivity index (χ1) is 25.4. The maximum atomic E-state index is 13.3. The minimum atomic E-state index is -1.03. The average Bonchev–Trinajstić information content (AvgIpc) is 3.76. The van der Waals surface area contributed by atoms with Gasteiger partial charge < -0.3 is 4.74 Å². The SMILES string of the molecule is O=[N+]([O-])c1cc(F)ccc1F.[C-]#[N+]c1cccc(-c2cc(=O)[nH]n2CC)c1.[C-]#[N+]c1cccc(-c2cc(Oc3ccc(F)cc3[N+](=O)[O-])nn2CC)c1. The molecule has 14 nitrogen and oxygen atoms in total. The molecule has 0 spiro atoms. The molecule has 0 aliphatic rings. The van der Waals surface area contributed by atoms with Gasteiger partial charge in [0.15, 0.2) is 11.4 Å². The van der Waals surface area contributed by atoms with Crippen LogP contribution in [0.15, 0.2) is 102 Å². The molecule has 1 N–H and O–H groups in total. The number of ether oxygens (including phenoxy) is 1. The smallest absolute Gasteiger partial charge is 0.314 e. The minimum absolute atomic E-state index is 0.0985. The number of rotatable bonds is 8. The molecule has 2 heterocycles. The van der Waals surface area contributed by atoms with Gasteiger partial charge in [-0.15, -0.1) is 5.10 Å². The van der Waals surface area contributed by atoms with Crippen LogP contribution in [0.5, 0.6) is 11.6 Å². The van der Waals surface area contributed by atoms with E-state index in [0.29, 0.717) is 42.3 Å². The van der Waals surface area contributed by atoms with Gasteiger partial charge in [0, 0.05) is 25.2 Å². The summed E-state index contributed by atoms with van der Waals surface area (Å²) in [5, 5.41) is 28.1. The van der Waals surface area contributed by atoms with Crippen molar-refractivity contribution in [2.45, 2.75) is 26.9 Å². The Kier molecular flexibility index (Phi) is 12.6. The van der Waals surface area contributed by atoms with E-state index in [1.807, 2.05) is 32.0 Å². The van der Waals surface area contributed by atoms with E-state index in [0.717, 1.165) is 35.0 Å². The summed E-state index contributed by atoms with van der Waals surface area (Å²) >= 11 is 0. The first-order valence-corrected chi connectivity index (χ1v) is 15.4. The van der Waals surface area contributed by atoms with Crippen LogP contribution in [0, 0.1) is 50.8 Å². The highest BCUT2D eigenvalue weighted by Crippen LogP contribution is 2.34. The first-order valence-electron chi connectivity index (χ1n) is 15.4. The number of hydrogen-bond donors (Lipinski definition) is 1. The number of nitro groups is 2.